The van der Waals surface area contributed by atoms with Crippen molar-refractivity contribution in [2.45, 2.75) is 0 Å². The molecule has 0 spiro atoms. The summed E-state index contributed by atoms with van der Waals surface area (Å²) in [6.07, 6.45) is 0. The molecule has 1 N–H and O–H groups in total. The SMILES string of the molecule is O=Nc1cc(Nc2ccccc2Cl)ccc1-c1cccc2c1oc1ccccc12. The Morgan fingerprint density at radius 1 is 0.793 bits per heavy atom. The molecule has 4 aromatic carbocycles. The number of nitrogens with zero attached hydrogens (tertiary/aromatic N) is 1. The third kappa shape index (κ3) is 3.04. The topological polar surface area (TPSA) is 54.6 Å². The summed E-state index contributed by atoms with van der Waals surface area (Å²) in [5, 5.41) is 9.15. The van der Waals surface area contributed by atoms with Gasteiger partial charge in [-0.3, -0.25) is 0 Å². The van der Waals surface area contributed by atoms with Crippen LogP contribution in [0.25, 0.3) is 33.1 Å². The van der Waals surface area contributed by atoms with Crippen LogP contribution in [0.4, 0.5) is 17.1 Å². The van der Waals surface area contributed by atoms with Crippen LogP contribution in [0.5, 0.6) is 0 Å². The lowest BCUT2D eigenvalue weighted by atomic mass is 10.0. The van der Waals surface area contributed by atoms with E-state index in [9.17, 15) is 4.91 Å². The minimum Gasteiger partial charge on any atom is -0.455 e. The van der Waals surface area contributed by atoms with Crippen LogP contribution >= 0.6 is 11.6 Å². The number of para-hydroxylation sites is 3. The maximum absolute atomic E-state index is 11.6. The smallest absolute Gasteiger partial charge is 0.143 e. The molecule has 0 aliphatic carbocycles. The number of rotatable bonds is 4. The van der Waals surface area contributed by atoms with Gasteiger partial charge in [-0.05, 0) is 41.6 Å². The zero-order valence-corrected chi connectivity index (χ0v) is 16.0. The lowest BCUT2D eigenvalue weighted by molar-refractivity contribution is 0.670. The standard InChI is InChI=1S/C24H15ClN2O2/c25-20-9-2-3-10-21(20)26-15-12-13-16(22(14-15)27-28)18-7-5-8-19-17-6-1-4-11-23(17)29-24(18)19/h1-14,26H. The Kier molecular flexibility index (Phi) is 4.26. The van der Waals surface area contributed by atoms with Crippen LogP contribution in [-0.4, -0.2) is 0 Å². The number of hydrogen-bond acceptors (Lipinski definition) is 4. The van der Waals surface area contributed by atoms with Crippen LogP contribution in [0.2, 0.25) is 5.02 Å². The fourth-order valence-corrected chi connectivity index (χ4v) is 3.77. The molecule has 1 heterocycles. The van der Waals surface area contributed by atoms with Crippen molar-refractivity contribution < 1.29 is 4.42 Å². The highest BCUT2D eigenvalue weighted by Crippen LogP contribution is 2.40. The fourth-order valence-electron chi connectivity index (χ4n) is 3.59. The molecule has 5 heteroatoms. The summed E-state index contributed by atoms with van der Waals surface area (Å²) in [5.41, 5.74) is 4.92. The van der Waals surface area contributed by atoms with E-state index in [2.05, 4.69) is 10.5 Å². The third-order valence-electron chi connectivity index (χ3n) is 4.94. The Labute approximate surface area is 171 Å². The van der Waals surface area contributed by atoms with E-state index in [1.165, 1.54) is 0 Å². The monoisotopic (exact) mass is 398 g/mol. The average molecular weight is 399 g/mol. The molecule has 0 aliphatic rings. The van der Waals surface area contributed by atoms with Gasteiger partial charge in [0.05, 0.1) is 10.7 Å². The molecule has 1 aromatic heterocycles. The molecule has 0 atom stereocenters. The molecule has 140 valence electrons. The van der Waals surface area contributed by atoms with Crippen LogP contribution in [0.3, 0.4) is 0 Å². The first-order valence-corrected chi connectivity index (χ1v) is 9.52. The summed E-state index contributed by atoms with van der Waals surface area (Å²) in [5.74, 6) is 0. The second kappa shape index (κ2) is 7.08. The molecule has 29 heavy (non-hydrogen) atoms. The molecule has 5 aromatic rings. The minimum absolute atomic E-state index is 0.329. The Morgan fingerprint density at radius 3 is 2.45 bits per heavy atom. The molecule has 0 bridgehead atoms. The van der Waals surface area contributed by atoms with E-state index < -0.39 is 0 Å². The summed E-state index contributed by atoms with van der Waals surface area (Å²) < 4.78 is 6.10. The zero-order valence-electron chi connectivity index (χ0n) is 15.2. The average Bonchev–Trinajstić information content (AvgIpc) is 3.14. The highest BCUT2D eigenvalue weighted by molar-refractivity contribution is 6.33. The van der Waals surface area contributed by atoms with Crippen molar-refractivity contribution in [2.75, 3.05) is 5.32 Å². The number of fused-ring (bicyclic) bond motifs is 3. The highest BCUT2D eigenvalue weighted by atomic mass is 35.5. The van der Waals surface area contributed by atoms with E-state index in [4.69, 9.17) is 16.0 Å². The summed E-state index contributed by atoms with van der Waals surface area (Å²) in [4.78, 5) is 11.6. The summed E-state index contributed by atoms with van der Waals surface area (Å²) >= 11 is 6.22. The lowest BCUT2D eigenvalue weighted by Gasteiger charge is -2.11. The van der Waals surface area contributed by atoms with Gasteiger partial charge in [-0.1, -0.05) is 60.1 Å². The van der Waals surface area contributed by atoms with Gasteiger partial charge < -0.3 is 9.73 Å². The quantitative estimate of drug-likeness (QED) is 0.311. The van der Waals surface area contributed by atoms with Gasteiger partial charge in [0, 0.05) is 27.6 Å². The molecule has 0 amide bonds. The number of nitrogens with one attached hydrogen (secondary N) is 1. The van der Waals surface area contributed by atoms with Crippen LogP contribution in [0, 0.1) is 4.91 Å². The van der Waals surface area contributed by atoms with Crippen molar-refractivity contribution in [3.8, 4) is 11.1 Å². The Balaban J connectivity index is 1.63. The second-order valence-corrected chi connectivity index (χ2v) is 7.12. The van der Waals surface area contributed by atoms with Crippen LogP contribution in [0.15, 0.2) is 94.5 Å². The molecule has 5 rings (SSSR count). The van der Waals surface area contributed by atoms with Crippen molar-refractivity contribution in [2.24, 2.45) is 5.18 Å². The number of hydrogen-bond donors (Lipinski definition) is 1. The molecule has 4 nitrogen and oxygen atoms in total. The van der Waals surface area contributed by atoms with Gasteiger partial charge in [0.15, 0.2) is 0 Å². The van der Waals surface area contributed by atoms with Crippen LogP contribution in [0.1, 0.15) is 0 Å². The van der Waals surface area contributed by atoms with E-state index in [1.54, 1.807) is 12.1 Å². The number of anilines is 2. The predicted octanol–water partition coefficient (Wildman–Crippen LogP) is 8.05. The third-order valence-corrected chi connectivity index (χ3v) is 5.27. The van der Waals surface area contributed by atoms with E-state index >= 15 is 0 Å². The Morgan fingerprint density at radius 2 is 1.59 bits per heavy atom. The normalized spacial score (nSPS) is 11.1. The number of furan rings is 1. The summed E-state index contributed by atoms with van der Waals surface area (Å²) in [6.45, 7) is 0. The molecule has 0 aliphatic heterocycles. The second-order valence-electron chi connectivity index (χ2n) is 6.71. The Hall–Kier alpha value is -3.63. The summed E-state index contributed by atoms with van der Waals surface area (Å²) in [7, 11) is 0. The van der Waals surface area contributed by atoms with Crippen molar-refractivity contribution >= 4 is 50.6 Å². The van der Waals surface area contributed by atoms with Crippen molar-refractivity contribution in [3.63, 3.8) is 0 Å². The molecule has 0 unspecified atom stereocenters. The van der Waals surface area contributed by atoms with Crippen molar-refractivity contribution in [3.05, 3.63) is 94.9 Å². The van der Waals surface area contributed by atoms with Crippen molar-refractivity contribution in [1.82, 2.24) is 0 Å². The van der Waals surface area contributed by atoms with E-state index in [-0.39, 0.29) is 0 Å². The highest BCUT2D eigenvalue weighted by Gasteiger charge is 2.15. The Bertz CT molecular complexity index is 1370. The van der Waals surface area contributed by atoms with Crippen LogP contribution < -0.4 is 5.32 Å². The molecular formula is C24H15ClN2O2. The minimum atomic E-state index is 0.329. The number of benzene rings is 4. The molecule has 0 saturated carbocycles. The maximum atomic E-state index is 11.6. The predicted molar refractivity (Wildman–Crippen MR) is 119 cm³/mol. The number of nitroso groups, excluding NO2 is 1. The molecule has 0 radical (unpaired) electrons. The van der Waals surface area contributed by atoms with E-state index in [1.807, 2.05) is 72.8 Å². The van der Waals surface area contributed by atoms with Gasteiger partial charge in [-0.15, -0.1) is 4.91 Å². The zero-order chi connectivity index (χ0) is 19.8. The van der Waals surface area contributed by atoms with Gasteiger partial charge in [-0.25, -0.2) is 0 Å². The first-order valence-electron chi connectivity index (χ1n) is 9.14. The first kappa shape index (κ1) is 17.5. The first-order chi connectivity index (χ1) is 14.2. The maximum Gasteiger partial charge on any atom is 0.143 e. The van der Waals surface area contributed by atoms with Crippen LogP contribution in [-0.2, 0) is 0 Å². The molecule has 0 saturated heterocycles. The largest absolute Gasteiger partial charge is 0.455 e. The fraction of sp³-hybridized carbons (Fsp3) is 0. The van der Waals surface area contributed by atoms with Crippen molar-refractivity contribution in [1.29, 1.82) is 0 Å². The molecule has 0 fully saturated rings. The van der Waals surface area contributed by atoms with Gasteiger partial charge in [0.2, 0.25) is 0 Å². The summed E-state index contributed by atoms with van der Waals surface area (Å²) in [6, 6.07) is 26.7. The van der Waals surface area contributed by atoms with Gasteiger partial charge in [0.1, 0.15) is 16.9 Å². The van der Waals surface area contributed by atoms with E-state index in [0.717, 1.165) is 44.4 Å². The lowest BCUT2D eigenvalue weighted by Crippen LogP contribution is -1.91. The van der Waals surface area contributed by atoms with E-state index in [0.29, 0.717) is 10.7 Å². The van der Waals surface area contributed by atoms with Gasteiger partial charge in [-0.2, -0.15) is 0 Å². The molecular weight excluding hydrogens is 384 g/mol. The number of halogens is 1. The van der Waals surface area contributed by atoms with Gasteiger partial charge >= 0.3 is 0 Å². The van der Waals surface area contributed by atoms with Gasteiger partial charge in [0.25, 0.3) is 0 Å².